The van der Waals surface area contributed by atoms with Crippen molar-refractivity contribution in [1.82, 2.24) is 0 Å². The maximum Gasteiger partial charge on any atom is 0.261 e. The molecule has 0 aromatic heterocycles. The van der Waals surface area contributed by atoms with Crippen LogP contribution in [-0.2, 0) is 4.74 Å². The van der Waals surface area contributed by atoms with Crippen molar-refractivity contribution in [2.75, 3.05) is 6.61 Å². The maximum atomic E-state index is 11.8. The van der Waals surface area contributed by atoms with Gasteiger partial charge < -0.3 is 9.84 Å². The average molecular weight is 194 g/mol. The molecule has 0 aromatic rings. The minimum absolute atomic E-state index is 0.378. The second-order valence-corrected chi connectivity index (χ2v) is 3.47. The molecule has 0 saturated heterocycles. The molecule has 13 heavy (non-hydrogen) atoms. The van der Waals surface area contributed by atoms with Gasteiger partial charge >= 0.3 is 0 Å². The van der Waals surface area contributed by atoms with Crippen molar-refractivity contribution in [3.63, 3.8) is 0 Å². The number of ether oxygens (including phenoxy) is 1. The molecule has 0 aromatic carbocycles. The average Bonchev–Trinajstić information content (AvgIpc) is 2.27. The Morgan fingerprint density at radius 2 is 1.92 bits per heavy atom. The summed E-state index contributed by atoms with van der Waals surface area (Å²) >= 11 is 0. The van der Waals surface area contributed by atoms with E-state index in [1.165, 1.54) is 0 Å². The van der Waals surface area contributed by atoms with Crippen LogP contribution in [0.25, 0.3) is 0 Å². The fourth-order valence-electron chi connectivity index (χ4n) is 1.64. The van der Waals surface area contributed by atoms with E-state index < -0.39 is 19.1 Å². The predicted molar refractivity (Wildman–Crippen MR) is 44.8 cm³/mol. The van der Waals surface area contributed by atoms with E-state index in [0.717, 1.165) is 19.3 Å². The molecule has 1 rings (SSSR count). The van der Waals surface area contributed by atoms with Crippen LogP contribution in [0.1, 0.15) is 32.1 Å². The van der Waals surface area contributed by atoms with Crippen LogP contribution >= 0.6 is 0 Å². The number of hydrogen-bond acceptors (Lipinski definition) is 2. The van der Waals surface area contributed by atoms with Crippen molar-refractivity contribution in [1.29, 1.82) is 0 Å². The van der Waals surface area contributed by atoms with Crippen LogP contribution in [0.4, 0.5) is 8.78 Å². The van der Waals surface area contributed by atoms with E-state index >= 15 is 0 Å². The summed E-state index contributed by atoms with van der Waals surface area (Å²) in [6.07, 6.45) is 1.00. The van der Waals surface area contributed by atoms with Gasteiger partial charge in [0.15, 0.2) is 0 Å². The number of rotatable bonds is 3. The lowest BCUT2D eigenvalue weighted by atomic mass is 10.1. The van der Waals surface area contributed by atoms with Gasteiger partial charge in [0.25, 0.3) is 6.43 Å². The van der Waals surface area contributed by atoms with Crippen LogP contribution in [0.2, 0.25) is 0 Å². The van der Waals surface area contributed by atoms with Crippen molar-refractivity contribution in [3.8, 4) is 0 Å². The quantitative estimate of drug-likeness (QED) is 0.696. The second kappa shape index (κ2) is 5.50. The van der Waals surface area contributed by atoms with Gasteiger partial charge in [-0.3, -0.25) is 0 Å². The first-order chi connectivity index (χ1) is 6.20. The fourth-order valence-corrected chi connectivity index (χ4v) is 1.64. The highest BCUT2D eigenvalue weighted by atomic mass is 19.3. The summed E-state index contributed by atoms with van der Waals surface area (Å²) in [6, 6.07) is 0. The van der Waals surface area contributed by atoms with Crippen LogP contribution in [0, 0.1) is 0 Å². The molecule has 1 N–H and O–H groups in total. The maximum absolute atomic E-state index is 11.8. The Labute approximate surface area is 76.9 Å². The molecule has 1 aliphatic rings. The molecule has 1 fully saturated rings. The van der Waals surface area contributed by atoms with E-state index in [2.05, 4.69) is 0 Å². The molecule has 0 amide bonds. The van der Waals surface area contributed by atoms with Gasteiger partial charge in [0.2, 0.25) is 0 Å². The Kier molecular flexibility index (Phi) is 4.59. The number of halogens is 2. The van der Waals surface area contributed by atoms with Crippen LogP contribution in [0.3, 0.4) is 0 Å². The number of hydrogen-bond donors (Lipinski definition) is 1. The molecular formula is C9H16F2O2. The van der Waals surface area contributed by atoms with Gasteiger partial charge in [0.1, 0.15) is 6.61 Å². The van der Waals surface area contributed by atoms with Gasteiger partial charge in [-0.05, 0) is 12.8 Å². The smallest absolute Gasteiger partial charge is 0.261 e. The highest BCUT2D eigenvalue weighted by Gasteiger charge is 2.22. The summed E-state index contributed by atoms with van der Waals surface area (Å²) in [5.41, 5.74) is 0. The molecule has 0 bridgehead atoms. The van der Waals surface area contributed by atoms with Crippen molar-refractivity contribution in [2.45, 2.75) is 50.7 Å². The summed E-state index contributed by atoms with van der Waals surface area (Å²) in [6.45, 7) is -0.554. The van der Waals surface area contributed by atoms with Crippen molar-refractivity contribution >= 4 is 0 Å². The largest absolute Gasteiger partial charge is 0.390 e. The van der Waals surface area contributed by atoms with Crippen molar-refractivity contribution < 1.29 is 18.6 Å². The van der Waals surface area contributed by atoms with Crippen molar-refractivity contribution in [3.05, 3.63) is 0 Å². The summed E-state index contributed by atoms with van der Waals surface area (Å²) in [5.74, 6) is 0. The SMILES string of the molecule is OC1CCCCCC1OCC(F)F. The molecule has 1 aliphatic carbocycles. The van der Waals surface area contributed by atoms with Crippen molar-refractivity contribution in [2.24, 2.45) is 0 Å². The summed E-state index contributed by atoms with van der Waals surface area (Å²) in [7, 11) is 0. The molecule has 2 nitrogen and oxygen atoms in total. The molecule has 78 valence electrons. The van der Waals surface area contributed by atoms with Crippen LogP contribution < -0.4 is 0 Å². The van der Waals surface area contributed by atoms with Gasteiger partial charge in [0, 0.05) is 0 Å². The third-order valence-corrected chi connectivity index (χ3v) is 2.35. The molecule has 0 radical (unpaired) electrons. The first-order valence-electron chi connectivity index (χ1n) is 4.78. The summed E-state index contributed by atoms with van der Waals surface area (Å²) < 4.78 is 28.6. The third kappa shape index (κ3) is 4.00. The van der Waals surface area contributed by atoms with Gasteiger partial charge in [0.05, 0.1) is 12.2 Å². The molecule has 0 spiro atoms. The zero-order valence-electron chi connectivity index (χ0n) is 7.59. The van der Waals surface area contributed by atoms with E-state index in [9.17, 15) is 13.9 Å². The normalized spacial score (nSPS) is 30.5. The highest BCUT2D eigenvalue weighted by Crippen LogP contribution is 2.20. The lowest BCUT2D eigenvalue weighted by Gasteiger charge is -2.20. The first kappa shape index (κ1) is 10.9. The lowest BCUT2D eigenvalue weighted by Crippen LogP contribution is -2.29. The lowest BCUT2D eigenvalue weighted by molar-refractivity contribution is -0.0764. The molecule has 4 heteroatoms. The Bertz CT molecular complexity index is 142. The van der Waals surface area contributed by atoms with E-state index in [-0.39, 0.29) is 6.10 Å². The predicted octanol–water partition coefficient (Wildman–Crippen LogP) is 1.96. The minimum Gasteiger partial charge on any atom is -0.390 e. The molecule has 1 saturated carbocycles. The molecule has 0 heterocycles. The fraction of sp³-hybridized carbons (Fsp3) is 1.00. The van der Waals surface area contributed by atoms with Gasteiger partial charge in [-0.15, -0.1) is 0 Å². The first-order valence-corrected chi connectivity index (χ1v) is 4.78. The van der Waals surface area contributed by atoms with E-state index in [4.69, 9.17) is 4.74 Å². The Morgan fingerprint density at radius 3 is 2.62 bits per heavy atom. The Morgan fingerprint density at radius 1 is 1.23 bits per heavy atom. The minimum atomic E-state index is -2.43. The Balaban J connectivity index is 2.27. The Hall–Kier alpha value is -0.220. The molecule has 2 unspecified atom stereocenters. The molecular weight excluding hydrogens is 178 g/mol. The van der Waals surface area contributed by atoms with Gasteiger partial charge in [-0.2, -0.15) is 0 Å². The number of alkyl halides is 2. The van der Waals surface area contributed by atoms with Gasteiger partial charge in [-0.1, -0.05) is 19.3 Å². The van der Waals surface area contributed by atoms with E-state index in [0.29, 0.717) is 12.8 Å². The van der Waals surface area contributed by atoms with E-state index in [1.54, 1.807) is 0 Å². The van der Waals surface area contributed by atoms with Crippen LogP contribution in [-0.4, -0.2) is 30.3 Å². The zero-order valence-corrected chi connectivity index (χ0v) is 7.59. The highest BCUT2D eigenvalue weighted by molar-refractivity contribution is 4.73. The number of aliphatic hydroxyl groups is 1. The third-order valence-electron chi connectivity index (χ3n) is 2.35. The number of aliphatic hydroxyl groups excluding tert-OH is 1. The molecule has 0 aliphatic heterocycles. The topological polar surface area (TPSA) is 29.5 Å². The van der Waals surface area contributed by atoms with Gasteiger partial charge in [-0.25, -0.2) is 8.78 Å². The van der Waals surface area contributed by atoms with Crippen LogP contribution in [0.15, 0.2) is 0 Å². The standard InChI is InChI=1S/C9H16F2O2/c10-9(11)6-13-8-5-3-1-2-4-7(8)12/h7-9,12H,1-6H2. The van der Waals surface area contributed by atoms with E-state index in [1.807, 2.05) is 0 Å². The monoisotopic (exact) mass is 194 g/mol. The zero-order chi connectivity index (χ0) is 9.68. The molecule has 2 atom stereocenters. The summed E-state index contributed by atoms with van der Waals surface area (Å²) in [5, 5.41) is 9.49. The second-order valence-electron chi connectivity index (χ2n) is 3.47. The van der Waals surface area contributed by atoms with Crippen LogP contribution in [0.5, 0.6) is 0 Å². The summed E-state index contributed by atoms with van der Waals surface area (Å²) in [4.78, 5) is 0.